The summed E-state index contributed by atoms with van der Waals surface area (Å²) < 4.78 is 0. The number of rotatable bonds is 4. The topological polar surface area (TPSA) is 45.7 Å². The quantitative estimate of drug-likeness (QED) is 0.857. The molecule has 0 spiro atoms. The van der Waals surface area contributed by atoms with E-state index in [-0.39, 0.29) is 11.9 Å². The van der Waals surface area contributed by atoms with E-state index in [9.17, 15) is 4.79 Å². The maximum atomic E-state index is 12.2. The Hall–Kier alpha value is -1.35. The number of nitrogens with two attached hydrogens (primary N) is 1. The molecule has 1 fully saturated rings. The van der Waals surface area contributed by atoms with Crippen LogP contribution in [-0.2, 0) is 4.79 Å². The van der Waals surface area contributed by atoms with Crippen molar-refractivity contribution in [1.82, 2.24) is 0 Å². The first-order chi connectivity index (χ1) is 9.16. The van der Waals surface area contributed by atoms with E-state index in [0.29, 0.717) is 6.04 Å². The molecule has 1 aromatic carbocycles. The number of hydrogen-bond donors (Lipinski definition) is 2. The Bertz CT molecular complexity index is 404. The maximum Gasteiger partial charge on any atom is 0.282 e. The average molecular weight is 261 g/mol. The minimum absolute atomic E-state index is 0.0224. The number of nitrogens with one attached hydrogen (secondary N) is 1. The molecular weight excluding hydrogens is 236 g/mol. The molecule has 0 aliphatic heterocycles. The average Bonchev–Trinajstić information content (AvgIpc) is 2.42. The Morgan fingerprint density at radius 3 is 2.63 bits per heavy atom. The van der Waals surface area contributed by atoms with Crippen molar-refractivity contribution >= 4 is 11.6 Å². The van der Waals surface area contributed by atoms with Crippen LogP contribution in [0.5, 0.6) is 0 Å². The fourth-order valence-electron chi connectivity index (χ4n) is 2.87. The molecule has 0 aromatic heterocycles. The summed E-state index contributed by atoms with van der Waals surface area (Å²) in [6, 6.07) is 10.3. The molecule has 1 amide bonds. The lowest BCUT2D eigenvalue weighted by molar-refractivity contribution is -0.714. The Kier molecular flexibility index (Phi) is 4.97. The number of para-hydroxylation sites is 1. The van der Waals surface area contributed by atoms with Crippen molar-refractivity contribution in [2.75, 3.05) is 5.32 Å². The molecule has 3 heteroatoms. The zero-order valence-corrected chi connectivity index (χ0v) is 11.9. The summed E-state index contributed by atoms with van der Waals surface area (Å²) in [5.41, 5.74) is 0.879. The Labute approximate surface area is 115 Å². The highest BCUT2D eigenvalue weighted by molar-refractivity contribution is 5.93. The van der Waals surface area contributed by atoms with Crippen LogP contribution in [0, 0.1) is 5.92 Å². The first-order valence-corrected chi connectivity index (χ1v) is 7.37. The third-order valence-electron chi connectivity index (χ3n) is 4.17. The van der Waals surface area contributed by atoms with E-state index in [4.69, 9.17) is 0 Å². The zero-order valence-electron chi connectivity index (χ0n) is 11.9. The molecule has 3 N–H and O–H groups in total. The van der Waals surface area contributed by atoms with Crippen molar-refractivity contribution in [3.8, 4) is 0 Å². The molecule has 3 atom stereocenters. The summed E-state index contributed by atoms with van der Waals surface area (Å²) in [5.74, 6) is 0.824. The summed E-state index contributed by atoms with van der Waals surface area (Å²) in [4.78, 5) is 12.2. The van der Waals surface area contributed by atoms with Gasteiger partial charge in [0.15, 0.2) is 6.04 Å². The van der Waals surface area contributed by atoms with E-state index in [1.807, 2.05) is 37.3 Å². The molecule has 1 aliphatic rings. The third kappa shape index (κ3) is 4.06. The molecule has 0 radical (unpaired) electrons. The fraction of sp³-hybridized carbons (Fsp3) is 0.562. The molecule has 0 saturated heterocycles. The van der Waals surface area contributed by atoms with E-state index in [1.54, 1.807) is 0 Å². The number of anilines is 1. The van der Waals surface area contributed by atoms with Gasteiger partial charge in [-0.05, 0) is 38.3 Å². The molecule has 1 saturated carbocycles. The van der Waals surface area contributed by atoms with Crippen LogP contribution < -0.4 is 10.6 Å². The molecule has 1 aromatic rings. The van der Waals surface area contributed by atoms with E-state index in [1.165, 1.54) is 25.7 Å². The van der Waals surface area contributed by atoms with E-state index in [0.717, 1.165) is 11.6 Å². The summed E-state index contributed by atoms with van der Waals surface area (Å²) in [6.45, 7) is 4.31. The molecule has 1 aliphatic carbocycles. The largest absolute Gasteiger partial charge is 0.334 e. The van der Waals surface area contributed by atoms with Crippen LogP contribution in [0.1, 0.15) is 39.5 Å². The first-order valence-electron chi connectivity index (χ1n) is 7.37. The summed E-state index contributed by atoms with van der Waals surface area (Å²) in [5, 5.41) is 5.23. The number of carbonyl (C=O) groups is 1. The van der Waals surface area contributed by atoms with Gasteiger partial charge in [-0.1, -0.05) is 31.5 Å². The first kappa shape index (κ1) is 14.1. The molecular formula is C16H25N2O+. The van der Waals surface area contributed by atoms with E-state index >= 15 is 0 Å². The minimum atomic E-state index is -0.0224. The van der Waals surface area contributed by atoms with Crippen LogP contribution >= 0.6 is 0 Å². The molecule has 0 bridgehead atoms. The monoisotopic (exact) mass is 261 g/mol. The van der Waals surface area contributed by atoms with Gasteiger partial charge in [-0.25, -0.2) is 0 Å². The molecule has 2 rings (SSSR count). The number of hydrogen-bond acceptors (Lipinski definition) is 1. The Morgan fingerprint density at radius 1 is 1.26 bits per heavy atom. The second-order valence-corrected chi connectivity index (χ2v) is 5.76. The molecule has 3 nitrogen and oxygen atoms in total. The second kappa shape index (κ2) is 6.71. The lowest BCUT2D eigenvalue weighted by Gasteiger charge is -2.28. The standard InChI is InChI=1S/C16H24N2O/c1-12-8-6-7-11-15(12)17-13(2)16(19)18-14-9-4-3-5-10-14/h3-5,9-10,12-13,15,17H,6-8,11H2,1-2H3,(H,18,19)/p+1/t12-,13-,15+/m0/s1. The zero-order chi connectivity index (χ0) is 13.7. The highest BCUT2D eigenvalue weighted by atomic mass is 16.2. The fourth-order valence-corrected chi connectivity index (χ4v) is 2.87. The predicted octanol–water partition coefficient (Wildman–Crippen LogP) is 2.16. The SMILES string of the molecule is C[C@H]([NH2+][C@@H]1CCCC[C@@H]1C)C(=O)Nc1ccccc1. The maximum absolute atomic E-state index is 12.2. The van der Waals surface area contributed by atoms with Gasteiger partial charge in [-0.2, -0.15) is 0 Å². The van der Waals surface area contributed by atoms with Gasteiger partial charge in [-0.3, -0.25) is 4.79 Å². The normalized spacial score (nSPS) is 24.7. The Morgan fingerprint density at radius 2 is 1.95 bits per heavy atom. The van der Waals surface area contributed by atoms with E-state index < -0.39 is 0 Å². The number of quaternary nitrogens is 1. The predicted molar refractivity (Wildman–Crippen MR) is 77.9 cm³/mol. The van der Waals surface area contributed by atoms with Crippen LogP contribution in [-0.4, -0.2) is 18.0 Å². The molecule has 104 valence electrons. The summed E-state index contributed by atoms with van der Waals surface area (Å²) in [7, 11) is 0. The van der Waals surface area contributed by atoms with Crippen molar-refractivity contribution in [2.24, 2.45) is 5.92 Å². The van der Waals surface area contributed by atoms with Crippen molar-refractivity contribution in [1.29, 1.82) is 0 Å². The van der Waals surface area contributed by atoms with Gasteiger partial charge in [0.1, 0.15) is 0 Å². The minimum Gasteiger partial charge on any atom is -0.334 e. The van der Waals surface area contributed by atoms with Crippen LogP contribution in [0.2, 0.25) is 0 Å². The van der Waals surface area contributed by atoms with E-state index in [2.05, 4.69) is 17.6 Å². The van der Waals surface area contributed by atoms with Crippen molar-refractivity contribution in [3.63, 3.8) is 0 Å². The van der Waals surface area contributed by atoms with Gasteiger partial charge in [-0.15, -0.1) is 0 Å². The Balaban J connectivity index is 1.85. The van der Waals surface area contributed by atoms with Gasteiger partial charge in [0.2, 0.25) is 0 Å². The molecule has 19 heavy (non-hydrogen) atoms. The molecule has 0 unspecified atom stereocenters. The van der Waals surface area contributed by atoms with Gasteiger partial charge < -0.3 is 10.6 Å². The third-order valence-corrected chi connectivity index (χ3v) is 4.17. The van der Waals surface area contributed by atoms with Crippen LogP contribution in [0.15, 0.2) is 30.3 Å². The summed E-state index contributed by atoms with van der Waals surface area (Å²) >= 11 is 0. The van der Waals surface area contributed by atoms with Gasteiger partial charge in [0.05, 0.1) is 6.04 Å². The number of carbonyl (C=O) groups excluding carboxylic acids is 1. The number of benzene rings is 1. The van der Waals surface area contributed by atoms with Crippen molar-refractivity contribution in [3.05, 3.63) is 30.3 Å². The van der Waals surface area contributed by atoms with Crippen molar-refractivity contribution < 1.29 is 10.1 Å². The second-order valence-electron chi connectivity index (χ2n) is 5.76. The van der Waals surface area contributed by atoms with Gasteiger partial charge in [0, 0.05) is 11.6 Å². The lowest BCUT2D eigenvalue weighted by atomic mass is 9.85. The molecule has 0 heterocycles. The van der Waals surface area contributed by atoms with Crippen LogP contribution in [0.25, 0.3) is 0 Å². The summed E-state index contributed by atoms with van der Waals surface area (Å²) in [6.07, 6.45) is 5.19. The van der Waals surface area contributed by atoms with Gasteiger partial charge >= 0.3 is 0 Å². The smallest absolute Gasteiger partial charge is 0.282 e. The highest BCUT2D eigenvalue weighted by Crippen LogP contribution is 2.21. The lowest BCUT2D eigenvalue weighted by Crippen LogP contribution is -2.97. The number of amides is 1. The van der Waals surface area contributed by atoms with Crippen LogP contribution in [0.4, 0.5) is 5.69 Å². The highest BCUT2D eigenvalue weighted by Gasteiger charge is 2.28. The van der Waals surface area contributed by atoms with Crippen LogP contribution in [0.3, 0.4) is 0 Å². The van der Waals surface area contributed by atoms with Gasteiger partial charge in [0.25, 0.3) is 5.91 Å². The van der Waals surface area contributed by atoms with Crippen molar-refractivity contribution in [2.45, 2.75) is 51.6 Å².